The van der Waals surface area contributed by atoms with Crippen LogP contribution < -0.4 is 53.1 Å². The first-order chi connectivity index (χ1) is 0. The maximum absolute atomic E-state index is 0. The zero-order valence-electron chi connectivity index (χ0n) is 3.80. The molecule has 0 rings (SSSR count). The Morgan fingerprint density at radius 2 is 0.500 bits per heavy atom. The molecule has 0 nitrogen and oxygen atoms in total. The molecule has 0 aromatic rings. The molecule has 0 amide bonds. The van der Waals surface area contributed by atoms with Crippen molar-refractivity contribution in [3.63, 3.8) is 0 Å². The smallest absolute Gasteiger partial charge is 1.00 e. The van der Waals surface area contributed by atoms with Gasteiger partial charge >= 0.3 is 55.8 Å². The average Bonchev–Trinajstić information content (AvgIpc) is 0. The van der Waals surface area contributed by atoms with Gasteiger partial charge in [-0.3, -0.25) is 4.70 Å². The van der Waals surface area contributed by atoms with E-state index in [4.69, 9.17) is 0 Å². The van der Waals surface area contributed by atoms with Gasteiger partial charge in [-0.2, -0.15) is 0 Å². The average molecular weight is 229 g/mol. The summed E-state index contributed by atoms with van der Waals surface area (Å²) in [6.07, 6.45) is 0. The van der Waals surface area contributed by atoms with Crippen LogP contribution in [0, 0.1) is 0 Å². The summed E-state index contributed by atoms with van der Waals surface area (Å²) in [7, 11) is 0. The standard InChI is InChI=1S/6FH.Na.Zr/h6*1H;;/q;;;;;;+1;+4/p-5. The first-order valence-electron chi connectivity index (χ1n) is 0. The molecule has 0 aromatic carbocycles. The summed E-state index contributed by atoms with van der Waals surface area (Å²) in [4.78, 5) is 0. The summed E-state index contributed by atoms with van der Waals surface area (Å²) >= 11 is 0. The minimum Gasteiger partial charge on any atom is -1.00 e. The van der Waals surface area contributed by atoms with E-state index in [0.29, 0.717) is 0 Å². The molecule has 0 saturated heterocycles. The Labute approximate surface area is 83.4 Å². The maximum Gasteiger partial charge on any atom is 4.00 e. The zero-order chi connectivity index (χ0) is 0. The molecule has 48 valence electrons. The summed E-state index contributed by atoms with van der Waals surface area (Å²) < 4.78 is 0. The van der Waals surface area contributed by atoms with Crippen LogP contribution in [0.4, 0.5) is 4.70 Å². The third-order valence-corrected chi connectivity index (χ3v) is 0. The van der Waals surface area contributed by atoms with E-state index in [9.17, 15) is 0 Å². The van der Waals surface area contributed by atoms with Gasteiger partial charge in [0.2, 0.25) is 0 Å². The second-order valence-electron chi connectivity index (χ2n) is 0. The molecule has 0 radical (unpaired) electrons. The Bertz CT molecular complexity index is 8.49. The van der Waals surface area contributed by atoms with E-state index in [1.165, 1.54) is 0 Å². The van der Waals surface area contributed by atoms with Crippen LogP contribution in [0.3, 0.4) is 0 Å². The molecule has 8 heavy (non-hydrogen) atoms. The second kappa shape index (κ2) is 220. The summed E-state index contributed by atoms with van der Waals surface area (Å²) in [5.41, 5.74) is 0. The van der Waals surface area contributed by atoms with Crippen molar-refractivity contribution < 1.29 is 84.0 Å². The predicted octanol–water partition coefficient (Wildman–Crippen LogP) is -17.8. The van der Waals surface area contributed by atoms with Gasteiger partial charge < -0.3 is 23.5 Å². The van der Waals surface area contributed by atoms with Crippen molar-refractivity contribution >= 4 is 0 Å². The molecular weight excluding hydrogens is 228 g/mol. The quantitative estimate of drug-likeness (QED) is 0.286. The summed E-state index contributed by atoms with van der Waals surface area (Å²) in [6, 6.07) is 0. The first-order valence-corrected chi connectivity index (χ1v) is 0. The van der Waals surface area contributed by atoms with Crippen molar-refractivity contribution in [3.8, 4) is 0 Å². The molecule has 0 spiro atoms. The van der Waals surface area contributed by atoms with Gasteiger partial charge in [-0.1, -0.05) is 0 Å². The van der Waals surface area contributed by atoms with E-state index in [0.717, 1.165) is 0 Å². The van der Waals surface area contributed by atoms with E-state index in [2.05, 4.69) is 0 Å². The van der Waals surface area contributed by atoms with Crippen LogP contribution in [0.5, 0.6) is 0 Å². The summed E-state index contributed by atoms with van der Waals surface area (Å²) in [6.45, 7) is 0. The zero-order valence-corrected chi connectivity index (χ0v) is 8.26. The fourth-order valence-electron chi connectivity index (χ4n) is 0. The number of halogens is 6. The Hall–Kier alpha value is 1.46. The molecule has 0 aliphatic carbocycles. The van der Waals surface area contributed by atoms with Gasteiger partial charge in [-0.25, -0.2) is 0 Å². The van der Waals surface area contributed by atoms with Crippen LogP contribution in [0.1, 0.15) is 0 Å². The molecule has 8 heteroatoms. The van der Waals surface area contributed by atoms with Crippen molar-refractivity contribution in [3.05, 3.63) is 0 Å². The van der Waals surface area contributed by atoms with Gasteiger partial charge in [0.1, 0.15) is 0 Å². The molecule has 0 heterocycles. The maximum atomic E-state index is 0. The molecule has 0 atom stereocenters. The van der Waals surface area contributed by atoms with Crippen LogP contribution in [0.2, 0.25) is 0 Å². The fourth-order valence-corrected chi connectivity index (χ4v) is 0. The normalized spacial score (nSPS) is 0. The Morgan fingerprint density at radius 1 is 0.500 bits per heavy atom. The molecule has 0 unspecified atom stereocenters. The molecule has 0 aliphatic rings. The van der Waals surface area contributed by atoms with Crippen molar-refractivity contribution in [1.29, 1.82) is 0 Å². The Kier molecular flexibility index (Phi) is 8710. The minimum absolute atomic E-state index is 0. The SMILES string of the molecule is F.[F-].[F-].[F-].[F-].[F-].[Na+].[Zr+4]. The largest absolute Gasteiger partial charge is 4.00 e. The van der Waals surface area contributed by atoms with Gasteiger partial charge in [0.15, 0.2) is 0 Å². The number of rotatable bonds is 0. The Balaban J connectivity index is 0. The van der Waals surface area contributed by atoms with Crippen LogP contribution in [-0.2, 0) is 26.2 Å². The van der Waals surface area contributed by atoms with E-state index >= 15 is 0 Å². The molecular formula is HF6NaZr. The fraction of sp³-hybridized carbons (Fsp3) is 0. The monoisotopic (exact) mass is 228 g/mol. The van der Waals surface area contributed by atoms with E-state index in [-0.39, 0.29) is 84.0 Å². The topological polar surface area (TPSA) is 0 Å². The van der Waals surface area contributed by atoms with E-state index in [1.54, 1.807) is 0 Å². The predicted molar refractivity (Wildman–Crippen MR) is 2.50 cm³/mol. The molecule has 0 fully saturated rings. The van der Waals surface area contributed by atoms with E-state index < -0.39 is 0 Å². The second-order valence-corrected chi connectivity index (χ2v) is 0. The van der Waals surface area contributed by atoms with Gasteiger partial charge in [0.25, 0.3) is 0 Å². The molecule has 0 N–H and O–H groups in total. The molecule has 0 saturated carbocycles. The van der Waals surface area contributed by atoms with Crippen LogP contribution >= 0.6 is 0 Å². The summed E-state index contributed by atoms with van der Waals surface area (Å²) in [5, 5.41) is 0. The van der Waals surface area contributed by atoms with Gasteiger partial charge in [0, 0.05) is 0 Å². The molecule has 0 aromatic heterocycles. The molecule has 0 aliphatic heterocycles. The van der Waals surface area contributed by atoms with Crippen molar-refractivity contribution in [2.75, 3.05) is 0 Å². The van der Waals surface area contributed by atoms with Gasteiger partial charge in [-0.05, 0) is 0 Å². The van der Waals surface area contributed by atoms with Crippen molar-refractivity contribution in [1.82, 2.24) is 0 Å². The molecule has 0 bridgehead atoms. The third-order valence-electron chi connectivity index (χ3n) is 0. The van der Waals surface area contributed by atoms with Crippen molar-refractivity contribution in [2.24, 2.45) is 0 Å². The van der Waals surface area contributed by atoms with Crippen molar-refractivity contribution in [2.45, 2.75) is 0 Å². The minimum atomic E-state index is 0. The van der Waals surface area contributed by atoms with Crippen LogP contribution in [0.15, 0.2) is 0 Å². The Morgan fingerprint density at radius 3 is 0.500 bits per heavy atom. The van der Waals surface area contributed by atoms with Gasteiger partial charge in [-0.15, -0.1) is 0 Å². The summed E-state index contributed by atoms with van der Waals surface area (Å²) in [5.74, 6) is 0. The first kappa shape index (κ1) is 317. The van der Waals surface area contributed by atoms with Gasteiger partial charge in [0.05, 0.1) is 0 Å². The van der Waals surface area contributed by atoms with Crippen LogP contribution in [-0.4, -0.2) is 0 Å². The van der Waals surface area contributed by atoms with E-state index in [1.807, 2.05) is 0 Å². The van der Waals surface area contributed by atoms with Crippen LogP contribution in [0.25, 0.3) is 0 Å². The third kappa shape index (κ3) is 146. The number of hydrogen-bond donors (Lipinski definition) is 0. The number of hydrogen-bond acceptors (Lipinski definition) is 0.